The number of carbonyl (C=O) groups is 1. The average molecular weight is 424 g/mol. The van der Waals surface area contributed by atoms with Gasteiger partial charge in [-0.1, -0.05) is 13.8 Å². The molecule has 1 aliphatic rings. The molecule has 3 aromatic rings. The molecule has 1 fully saturated rings. The van der Waals surface area contributed by atoms with Gasteiger partial charge in [-0.15, -0.1) is 0 Å². The number of hydrogen-bond donors (Lipinski definition) is 2. The lowest BCUT2D eigenvalue weighted by Gasteiger charge is -2.37. The smallest absolute Gasteiger partial charge is 0.240 e. The lowest BCUT2D eigenvalue weighted by molar-refractivity contribution is -0.136. The molecule has 0 aromatic carbocycles. The summed E-state index contributed by atoms with van der Waals surface area (Å²) in [6.45, 7) is 6.12. The normalized spacial score (nSPS) is 17.8. The molecule has 31 heavy (non-hydrogen) atoms. The fourth-order valence-corrected chi connectivity index (χ4v) is 4.07. The van der Waals surface area contributed by atoms with Crippen LogP contribution in [-0.2, 0) is 4.79 Å². The van der Waals surface area contributed by atoms with Crippen molar-refractivity contribution in [3.63, 3.8) is 0 Å². The van der Waals surface area contributed by atoms with Crippen molar-refractivity contribution in [1.82, 2.24) is 29.8 Å². The van der Waals surface area contributed by atoms with Gasteiger partial charge >= 0.3 is 0 Å². The van der Waals surface area contributed by atoms with Crippen LogP contribution in [0.5, 0.6) is 5.88 Å². The van der Waals surface area contributed by atoms with Gasteiger partial charge in [-0.05, 0) is 30.5 Å². The van der Waals surface area contributed by atoms with E-state index in [-0.39, 0.29) is 11.9 Å². The number of rotatable bonds is 6. The van der Waals surface area contributed by atoms with E-state index >= 15 is 0 Å². The summed E-state index contributed by atoms with van der Waals surface area (Å²) in [6.07, 6.45) is 5.97. The Morgan fingerprint density at radius 2 is 2.19 bits per heavy atom. The van der Waals surface area contributed by atoms with Crippen molar-refractivity contribution in [2.24, 2.45) is 11.7 Å². The fraction of sp³-hybridized carbons (Fsp3) is 0.455. The summed E-state index contributed by atoms with van der Waals surface area (Å²) in [5, 5.41) is 7.80. The minimum Gasteiger partial charge on any atom is -0.481 e. The number of nitrogens with one attached hydrogen (secondary N) is 1. The highest BCUT2D eigenvalue weighted by Gasteiger charge is 2.32. The van der Waals surface area contributed by atoms with Gasteiger partial charge in [0.05, 0.1) is 36.6 Å². The van der Waals surface area contributed by atoms with E-state index < -0.39 is 6.04 Å². The van der Waals surface area contributed by atoms with Gasteiger partial charge < -0.3 is 20.7 Å². The van der Waals surface area contributed by atoms with Gasteiger partial charge in [0.1, 0.15) is 0 Å². The van der Waals surface area contributed by atoms with Crippen molar-refractivity contribution in [2.75, 3.05) is 26.7 Å². The first-order valence-corrected chi connectivity index (χ1v) is 10.6. The van der Waals surface area contributed by atoms with E-state index in [1.165, 1.54) is 0 Å². The number of aromatic nitrogens is 4. The van der Waals surface area contributed by atoms with Crippen molar-refractivity contribution < 1.29 is 9.53 Å². The molecule has 9 heteroatoms. The van der Waals surface area contributed by atoms with Gasteiger partial charge in [-0.2, -0.15) is 5.10 Å². The zero-order chi connectivity index (χ0) is 22.0. The third-order valence-corrected chi connectivity index (χ3v) is 5.56. The highest BCUT2D eigenvalue weighted by atomic mass is 16.5. The third-order valence-electron chi connectivity index (χ3n) is 5.56. The molecule has 3 aromatic heterocycles. The maximum absolute atomic E-state index is 13.1. The topological polar surface area (TPSA) is 111 Å². The molecule has 0 spiro atoms. The summed E-state index contributed by atoms with van der Waals surface area (Å²) in [5.74, 6) is 0.850. The maximum atomic E-state index is 13.1. The maximum Gasteiger partial charge on any atom is 0.240 e. The molecule has 1 saturated heterocycles. The molecule has 0 bridgehead atoms. The van der Waals surface area contributed by atoms with Crippen LogP contribution in [0.3, 0.4) is 0 Å². The van der Waals surface area contributed by atoms with E-state index in [1.807, 2.05) is 29.3 Å². The Bertz CT molecular complexity index is 1060. The summed E-state index contributed by atoms with van der Waals surface area (Å²) < 4.78 is 7.14. The van der Waals surface area contributed by atoms with E-state index in [4.69, 9.17) is 15.5 Å². The molecule has 3 N–H and O–H groups in total. The second-order valence-electron chi connectivity index (χ2n) is 8.23. The Hall–Kier alpha value is -3.04. The molecule has 4 heterocycles. The summed E-state index contributed by atoms with van der Waals surface area (Å²) in [6, 6.07) is 5.00. The number of methoxy groups -OCH3 is 1. The first-order chi connectivity index (χ1) is 15.0. The first kappa shape index (κ1) is 21.2. The Kier molecular flexibility index (Phi) is 6.15. The summed E-state index contributed by atoms with van der Waals surface area (Å²) in [4.78, 5) is 24.2. The number of nitrogens with two attached hydrogens (primary N) is 1. The molecule has 0 radical (unpaired) electrons. The molecule has 0 saturated carbocycles. The number of ether oxygens (including phenoxy) is 1. The molecule has 9 nitrogen and oxygen atoms in total. The second-order valence-corrected chi connectivity index (χ2v) is 8.23. The van der Waals surface area contributed by atoms with Crippen molar-refractivity contribution >= 4 is 11.6 Å². The SMILES string of the molecule is COc1ncccc1-c1cnn2ccc(C3CNCCN3C(=O)[C@@H](N)CC(C)C)nc12. The standard InChI is InChI=1S/C22H29N7O2/c1-14(2)11-17(23)22(30)28-10-8-24-13-19(28)18-6-9-29-20(27-18)16(12-26-29)15-5-4-7-25-21(15)31-3/h4-7,9,12,14,17,19,24H,8,10-11,13,23H2,1-3H3/t17-,19?/m0/s1. The Labute approximate surface area is 181 Å². The van der Waals surface area contributed by atoms with Gasteiger partial charge in [0, 0.05) is 37.6 Å². The van der Waals surface area contributed by atoms with Crippen molar-refractivity contribution in [3.8, 4) is 17.0 Å². The number of hydrogen-bond acceptors (Lipinski definition) is 7. The molecule has 1 amide bonds. The highest BCUT2D eigenvalue weighted by molar-refractivity contribution is 5.82. The van der Waals surface area contributed by atoms with E-state index in [9.17, 15) is 4.79 Å². The van der Waals surface area contributed by atoms with Crippen LogP contribution in [0.2, 0.25) is 0 Å². The highest BCUT2D eigenvalue weighted by Crippen LogP contribution is 2.31. The van der Waals surface area contributed by atoms with Crippen LogP contribution in [0.25, 0.3) is 16.8 Å². The molecule has 0 aliphatic carbocycles. The molecule has 164 valence electrons. The number of nitrogens with zero attached hydrogens (tertiary/aromatic N) is 5. The van der Waals surface area contributed by atoms with E-state index in [2.05, 4.69) is 29.2 Å². The average Bonchev–Trinajstić information content (AvgIpc) is 3.21. The van der Waals surface area contributed by atoms with Crippen LogP contribution in [0.15, 0.2) is 36.8 Å². The van der Waals surface area contributed by atoms with Crippen LogP contribution in [0.1, 0.15) is 32.0 Å². The fourth-order valence-electron chi connectivity index (χ4n) is 4.07. The summed E-state index contributed by atoms with van der Waals surface area (Å²) in [5.41, 5.74) is 9.36. The lowest BCUT2D eigenvalue weighted by Crippen LogP contribution is -2.53. The van der Waals surface area contributed by atoms with Crippen LogP contribution in [0, 0.1) is 5.92 Å². The molecular weight excluding hydrogens is 394 g/mol. The Balaban J connectivity index is 1.70. The first-order valence-electron chi connectivity index (χ1n) is 10.6. The lowest BCUT2D eigenvalue weighted by atomic mass is 10.0. The number of fused-ring (bicyclic) bond motifs is 1. The summed E-state index contributed by atoms with van der Waals surface area (Å²) in [7, 11) is 1.59. The van der Waals surface area contributed by atoms with E-state index in [0.717, 1.165) is 23.4 Å². The van der Waals surface area contributed by atoms with Gasteiger partial charge in [0.2, 0.25) is 11.8 Å². The van der Waals surface area contributed by atoms with Gasteiger partial charge in [-0.3, -0.25) is 4.79 Å². The van der Waals surface area contributed by atoms with Crippen molar-refractivity contribution in [1.29, 1.82) is 0 Å². The van der Waals surface area contributed by atoms with Crippen LogP contribution < -0.4 is 15.8 Å². The molecule has 1 aliphatic heterocycles. The second kappa shape index (κ2) is 8.99. The molecule has 4 rings (SSSR count). The predicted octanol–water partition coefficient (Wildman–Crippen LogP) is 1.65. The van der Waals surface area contributed by atoms with Crippen LogP contribution in [-0.4, -0.2) is 63.2 Å². The minimum atomic E-state index is -0.505. The minimum absolute atomic E-state index is 0.0236. The molecular formula is C22H29N7O2. The van der Waals surface area contributed by atoms with Crippen molar-refractivity contribution in [3.05, 3.63) is 42.5 Å². The third kappa shape index (κ3) is 4.24. The van der Waals surface area contributed by atoms with Gasteiger partial charge in [0.15, 0.2) is 5.65 Å². The quantitative estimate of drug-likeness (QED) is 0.620. The van der Waals surface area contributed by atoms with Crippen LogP contribution in [0.4, 0.5) is 0 Å². The van der Waals surface area contributed by atoms with Crippen LogP contribution >= 0.6 is 0 Å². The number of pyridine rings is 1. The van der Waals surface area contributed by atoms with Gasteiger partial charge in [0.25, 0.3) is 0 Å². The predicted molar refractivity (Wildman–Crippen MR) is 118 cm³/mol. The Morgan fingerprint density at radius 1 is 1.35 bits per heavy atom. The largest absolute Gasteiger partial charge is 0.481 e. The van der Waals surface area contributed by atoms with E-state index in [1.54, 1.807) is 24.0 Å². The zero-order valence-corrected chi connectivity index (χ0v) is 18.2. The van der Waals surface area contributed by atoms with Crippen molar-refractivity contribution in [2.45, 2.75) is 32.4 Å². The molecule has 2 atom stereocenters. The summed E-state index contributed by atoms with van der Waals surface area (Å²) >= 11 is 0. The number of carbonyl (C=O) groups excluding carboxylic acids is 1. The Morgan fingerprint density at radius 3 is 2.97 bits per heavy atom. The van der Waals surface area contributed by atoms with Gasteiger partial charge in [-0.25, -0.2) is 14.5 Å². The molecule has 1 unspecified atom stereocenters. The zero-order valence-electron chi connectivity index (χ0n) is 18.2. The monoisotopic (exact) mass is 423 g/mol. The number of amides is 1. The number of piperazine rings is 1. The van der Waals surface area contributed by atoms with E-state index in [0.29, 0.717) is 37.0 Å².